The van der Waals surface area contributed by atoms with Gasteiger partial charge in [-0.3, -0.25) is 4.98 Å². The van der Waals surface area contributed by atoms with Crippen molar-refractivity contribution >= 4 is 5.69 Å². The summed E-state index contributed by atoms with van der Waals surface area (Å²) in [6, 6.07) is 14.1. The monoisotopic (exact) mass is 278 g/mol. The van der Waals surface area contributed by atoms with Crippen LogP contribution in [0.4, 0.5) is 5.69 Å². The van der Waals surface area contributed by atoms with Gasteiger partial charge >= 0.3 is 0 Å². The van der Waals surface area contributed by atoms with Gasteiger partial charge in [0.2, 0.25) is 5.89 Å². The second-order valence-corrected chi connectivity index (χ2v) is 5.10. The summed E-state index contributed by atoms with van der Waals surface area (Å²) in [7, 11) is 0. The van der Waals surface area contributed by atoms with Crippen LogP contribution in [0.15, 0.2) is 53.2 Å². The molecule has 0 saturated heterocycles. The third kappa shape index (κ3) is 2.38. The Morgan fingerprint density at radius 1 is 1.14 bits per heavy atom. The van der Waals surface area contributed by atoms with Gasteiger partial charge in [0.25, 0.3) is 0 Å². The first-order chi connectivity index (χ1) is 10.4. The van der Waals surface area contributed by atoms with Gasteiger partial charge in [0.15, 0.2) is 5.82 Å². The van der Waals surface area contributed by atoms with E-state index in [0.29, 0.717) is 18.1 Å². The zero-order valence-electron chi connectivity index (χ0n) is 11.4. The van der Waals surface area contributed by atoms with Crippen molar-refractivity contribution in [3.63, 3.8) is 0 Å². The van der Waals surface area contributed by atoms with Crippen LogP contribution in [0.1, 0.15) is 29.0 Å². The van der Waals surface area contributed by atoms with E-state index < -0.39 is 0 Å². The minimum Gasteiger partial charge on any atom is -0.373 e. The maximum absolute atomic E-state index is 5.40. The number of benzene rings is 1. The smallest absolute Gasteiger partial charge is 0.249 e. The van der Waals surface area contributed by atoms with E-state index >= 15 is 0 Å². The average molecular weight is 278 g/mol. The largest absolute Gasteiger partial charge is 0.373 e. The number of pyridine rings is 1. The van der Waals surface area contributed by atoms with Crippen LogP contribution in [0.25, 0.3) is 0 Å². The highest BCUT2D eigenvalue weighted by Crippen LogP contribution is 2.33. The molecule has 1 unspecified atom stereocenters. The highest BCUT2D eigenvalue weighted by molar-refractivity contribution is 5.56. The molecule has 0 fully saturated rings. The molecule has 3 heterocycles. The number of aromatic nitrogens is 3. The summed E-state index contributed by atoms with van der Waals surface area (Å²) in [5, 5.41) is 7.47. The Bertz CT molecular complexity index is 729. The summed E-state index contributed by atoms with van der Waals surface area (Å²) in [6.45, 7) is 0. The number of hydrogen-bond acceptors (Lipinski definition) is 5. The number of nitrogens with zero attached hydrogens (tertiary/aromatic N) is 3. The van der Waals surface area contributed by atoms with Crippen LogP contribution in [0.2, 0.25) is 0 Å². The molecule has 1 aromatic carbocycles. The Balaban J connectivity index is 1.51. The van der Waals surface area contributed by atoms with Crippen molar-refractivity contribution in [1.29, 1.82) is 0 Å². The van der Waals surface area contributed by atoms with E-state index in [1.54, 1.807) is 6.20 Å². The van der Waals surface area contributed by atoms with Crippen LogP contribution < -0.4 is 5.32 Å². The Hall–Kier alpha value is -2.69. The van der Waals surface area contributed by atoms with E-state index in [9.17, 15) is 0 Å². The van der Waals surface area contributed by atoms with Crippen molar-refractivity contribution < 1.29 is 4.52 Å². The maximum atomic E-state index is 5.40. The number of para-hydroxylation sites is 1. The Morgan fingerprint density at radius 2 is 2.05 bits per heavy atom. The van der Waals surface area contributed by atoms with Crippen molar-refractivity contribution in [3.8, 4) is 0 Å². The topological polar surface area (TPSA) is 63.8 Å². The minimum atomic E-state index is 0.0624. The summed E-state index contributed by atoms with van der Waals surface area (Å²) in [5.74, 6) is 1.30. The van der Waals surface area contributed by atoms with Crippen molar-refractivity contribution in [2.24, 2.45) is 0 Å². The normalized spacial score (nSPS) is 16.5. The van der Waals surface area contributed by atoms with E-state index in [4.69, 9.17) is 4.52 Å². The van der Waals surface area contributed by atoms with E-state index in [1.165, 1.54) is 5.56 Å². The molecule has 0 saturated carbocycles. The minimum absolute atomic E-state index is 0.0624. The Morgan fingerprint density at radius 3 is 2.90 bits per heavy atom. The lowest BCUT2D eigenvalue weighted by Crippen LogP contribution is -2.06. The maximum Gasteiger partial charge on any atom is 0.249 e. The lowest BCUT2D eigenvalue weighted by molar-refractivity contribution is 0.360. The van der Waals surface area contributed by atoms with E-state index in [2.05, 4.69) is 32.6 Å². The predicted octanol–water partition coefficient (Wildman–Crippen LogP) is 2.76. The second kappa shape index (κ2) is 5.01. The van der Waals surface area contributed by atoms with Gasteiger partial charge in [-0.25, -0.2) is 0 Å². The first-order valence-electron chi connectivity index (χ1n) is 6.95. The molecule has 1 aliphatic rings. The lowest BCUT2D eigenvalue weighted by atomic mass is 10.1. The summed E-state index contributed by atoms with van der Waals surface area (Å²) >= 11 is 0. The number of rotatable bonds is 3. The fraction of sp³-hybridized carbons (Fsp3) is 0.188. The molecule has 1 aliphatic heterocycles. The molecule has 3 aromatic rings. The number of nitrogens with one attached hydrogen (secondary N) is 1. The SMILES string of the molecule is c1ccc(Cc2noc(C3Cc4ccccc4N3)n2)nc1. The summed E-state index contributed by atoms with van der Waals surface area (Å²) in [6.07, 6.45) is 3.23. The lowest BCUT2D eigenvalue weighted by Gasteiger charge is -2.04. The van der Waals surface area contributed by atoms with Gasteiger partial charge in [0.05, 0.1) is 6.42 Å². The summed E-state index contributed by atoms with van der Waals surface area (Å²) in [4.78, 5) is 8.77. The summed E-state index contributed by atoms with van der Waals surface area (Å²) < 4.78 is 5.40. The van der Waals surface area contributed by atoms with Crippen molar-refractivity contribution in [2.45, 2.75) is 18.9 Å². The molecule has 104 valence electrons. The first-order valence-corrected chi connectivity index (χ1v) is 6.95. The van der Waals surface area contributed by atoms with Crippen LogP contribution in [-0.2, 0) is 12.8 Å². The molecular formula is C16H14N4O. The molecule has 0 amide bonds. The second-order valence-electron chi connectivity index (χ2n) is 5.10. The van der Waals surface area contributed by atoms with Gasteiger partial charge in [-0.1, -0.05) is 29.4 Å². The van der Waals surface area contributed by atoms with Crippen molar-refractivity contribution in [1.82, 2.24) is 15.1 Å². The zero-order chi connectivity index (χ0) is 14.1. The van der Waals surface area contributed by atoms with Crippen molar-refractivity contribution in [2.75, 3.05) is 5.32 Å². The van der Waals surface area contributed by atoms with Crippen LogP contribution in [-0.4, -0.2) is 15.1 Å². The summed E-state index contributed by atoms with van der Waals surface area (Å²) in [5.41, 5.74) is 3.37. The Kier molecular flexibility index (Phi) is 2.88. The average Bonchev–Trinajstić information content (AvgIpc) is 3.14. The van der Waals surface area contributed by atoms with Crippen LogP contribution >= 0.6 is 0 Å². The predicted molar refractivity (Wildman–Crippen MR) is 77.9 cm³/mol. The quantitative estimate of drug-likeness (QED) is 0.798. The molecule has 0 radical (unpaired) electrons. The number of fused-ring (bicyclic) bond motifs is 1. The van der Waals surface area contributed by atoms with Crippen LogP contribution in [0.3, 0.4) is 0 Å². The number of hydrogen-bond donors (Lipinski definition) is 1. The van der Waals surface area contributed by atoms with E-state index in [0.717, 1.165) is 17.8 Å². The molecule has 1 N–H and O–H groups in total. The van der Waals surface area contributed by atoms with Gasteiger partial charge in [-0.2, -0.15) is 4.98 Å². The highest BCUT2D eigenvalue weighted by atomic mass is 16.5. The molecule has 4 rings (SSSR count). The molecule has 2 aromatic heterocycles. The highest BCUT2D eigenvalue weighted by Gasteiger charge is 2.26. The standard InChI is InChI=1S/C16H14N4O/c1-2-7-13-11(5-1)9-14(18-13)16-19-15(20-21-16)10-12-6-3-4-8-17-12/h1-8,14,18H,9-10H2. The molecule has 0 aliphatic carbocycles. The molecule has 5 heteroatoms. The van der Waals surface area contributed by atoms with Gasteiger partial charge in [0.1, 0.15) is 6.04 Å². The van der Waals surface area contributed by atoms with Crippen LogP contribution in [0.5, 0.6) is 0 Å². The van der Waals surface area contributed by atoms with Gasteiger partial charge in [0, 0.05) is 24.0 Å². The Labute approximate surface area is 122 Å². The fourth-order valence-corrected chi connectivity index (χ4v) is 2.59. The zero-order valence-corrected chi connectivity index (χ0v) is 11.4. The van der Waals surface area contributed by atoms with Gasteiger partial charge in [-0.05, 0) is 23.8 Å². The molecular weight excluding hydrogens is 264 g/mol. The van der Waals surface area contributed by atoms with Gasteiger partial charge < -0.3 is 9.84 Å². The molecule has 0 bridgehead atoms. The first kappa shape index (κ1) is 12.1. The third-order valence-electron chi connectivity index (χ3n) is 3.62. The van der Waals surface area contributed by atoms with E-state index in [1.807, 2.05) is 30.3 Å². The number of anilines is 1. The van der Waals surface area contributed by atoms with Crippen LogP contribution in [0, 0.1) is 0 Å². The molecule has 5 nitrogen and oxygen atoms in total. The van der Waals surface area contributed by atoms with Gasteiger partial charge in [-0.15, -0.1) is 0 Å². The molecule has 21 heavy (non-hydrogen) atoms. The van der Waals surface area contributed by atoms with Crippen molar-refractivity contribution in [3.05, 3.63) is 71.6 Å². The third-order valence-corrected chi connectivity index (χ3v) is 3.62. The fourth-order valence-electron chi connectivity index (χ4n) is 2.59. The molecule has 0 spiro atoms. The van der Waals surface area contributed by atoms with E-state index in [-0.39, 0.29) is 6.04 Å². The molecule has 1 atom stereocenters.